The number of hydrogen-bond acceptors (Lipinski definition) is 5. The Hall–Kier alpha value is -1.20. The number of rotatable bonds is 3. The van der Waals surface area contributed by atoms with E-state index in [9.17, 15) is 0 Å². The van der Waals surface area contributed by atoms with E-state index in [-0.39, 0.29) is 11.7 Å². The molecule has 0 N–H and O–H groups in total. The molecule has 0 aliphatic carbocycles. The molecule has 94 valence electrons. The third-order valence-electron chi connectivity index (χ3n) is 2.71. The lowest BCUT2D eigenvalue weighted by molar-refractivity contribution is -0.106. The quantitative estimate of drug-likeness (QED) is 0.788. The maximum absolute atomic E-state index is 5.95. The van der Waals surface area contributed by atoms with E-state index in [2.05, 4.69) is 28.7 Å². The minimum Gasteiger partial charge on any atom is -0.382 e. The second-order valence-electron chi connectivity index (χ2n) is 4.90. The Bertz CT molecular complexity index is 356. The van der Waals surface area contributed by atoms with Crippen LogP contribution in [0.15, 0.2) is 18.6 Å². The molecule has 1 fully saturated rings. The third kappa shape index (κ3) is 3.14. The summed E-state index contributed by atoms with van der Waals surface area (Å²) < 4.78 is 11.1. The van der Waals surface area contributed by atoms with Gasteiger partial charge in [0.25, 0.3) is 0 Å². The van der Waals surface area contributed by atoms with Crippen molar-refractivity contribution in [3.05, 3.63) is 18.6 Å². The molecule has 17 heavy (non-hydrogen) atoms. The molecule has 1 saturated heterocycles. The predicted molar refractivity (Wildman–Crippen MR) is 65.1 cm³/mol. The van der Waals surface area contributed by atoms with Gasteiger partial charge in [0, 0.05) is 32.6 Å². The van der Waals surface area contributed by atoms with Gasteiger partial charge in [-0.15, -0.1) is 0 Å². The van der Waals surface area contributed by atoms with E-state index in [1.807, 2.05) is 0 Å². The molecule has 0 unspecified atom stereocenters. The van der Waals surface area contributed by atoms with Crippen molar-refractivity contribution in [1.82, 2.24) is 9.97 Å². The molecule has 1 aliphatic heterocycles. The van der Waals surface area contributed by atoms with Crippen molar-refractivity contribution in [2.75, 3.05) is 31.7 Å². The number of anilines is 1. The van der Waals surface area contributed by atoms with Gasteiger partial charge in [-0.2, -0.15) is 0 Å². The molecule has 2 heterocycles. The fourth-order valence-electron chi connectivity index (χ4n) is 2.20. The Kier molecular flexibility index (Phi) is 3.59. The highest BCUT2D eigenvalue weighted by Crippen LogP contribution is 2.24. The van der Waals surface area contributed by atoms with Gasteiger partial charge < -0.3 is 14.4 Å². The fraction of sp³-hybridized carbons (Fsp3) is 0.667. The van der Waals surface area contributed by atoms with Crippen LogP contribution in [0.25, 0.3) is 0 Å². The van der Waals surface area contributed by atoms with Crippen molar-refractivity contribution in [2.45, 2.75) is 25.6 Å². The lowest BCUT2D eigenvalue weighted by Gasteiger charge is -2.43. The number of nitrogens with zero attached hydrogens (tertiary/aromatic N) is 3. The van der Waals surface area contributed by atoms with Crippen LogP contribution in [0, 0.1) is 0 Å². The molecule has 0 bridgehead atoms. The van der Waals surface area contributed by atoms with Gasteiger partial charge in [0.15, 0.2) is 0 Å². The summed E-state index contributed by atoms with van der Waals surface area (Å²) in [6.07, 6.45) is 5.25. The van der Waals surface area contributed by atoms with Gasteiger partial charge in [-0.3, -0.25) is 4.98 Å². The maximum atomic E-state index is 5.95. The Labute approximate surface area is 102 Å². The monoisotopic (exact) mass is 237 g/mol. The van der Waals surface area contributed by atoms with Crippen LogP contribution in [-0.2, 0) is 9.47 Å². The zero-order valence-corrected chi connectivity index (χ0v) is 10.6. The molecule has 5 heteroatoms. The Morgan fingerprint density at radius 3 is 3.00 bits per heavy atom. The van der Waals surface area contributed by atoms with Gasteiger partial charge in [0.05, 0.1) is 24.5 Å². The summed E-state index contributed by atoms with van der Waals surface area (Å²) in [6.45, 7) is 6.36. The molecule has 1 aromatic heterocycles. The normalized spacial score (nSPS) is 23.7. The Balaban J connectivity index is 2.12. The van der Waals surface area contributed by atoms with Crippen molar-refractivity contribution in [3.63, 3.8) is 0 Å². The highest BCUT2D eigenvalue weighted by atomic mass is 16.5. The van der Waals surface area contributed by atoms with Crippen molar-refractivity contribution < 1.29 is 9.47 Å². The van der Waals surface area contributed by atoms with Crippen LogP contribution in [0.1, 0.15) is 13.8 Å². The van der Waals surface area contributed by atoms with E-state index in [0.29, 0.717) is 6.61 Å². The van der Waals surface area contributed by atoms with Gasteiger partial charge >= 0.3 is 0 Å². The molecule has 1 atom stereocenters. The SMILES string of the molecule is COC[C@@H]1CN(c2cnccn2)CC(C)(C)O1. The maximum Gasteiger partial charge on any atom is 0.147 e. The van der Waals surface area contributed by atoms with E-state index < -0.39 is 0 Å². The molecule has 0 amide bonds. The van der Waals surface area contributed by atoms with Gasteiger partial charge in [-0.25, -0.2) is 4.98 Å². The van der Waals surface area contributed by atoms with Gasteiger partial charge in [-0.05, 0) is 13.8 Å². The fourth-order valence-corrected chi connectivity index (χ4v) is 2.20. The number of methoxy groups -OCH3 is 1. The third-order valence-corrected chi connectivity index (χ3v) is 2.71. The van der Waals surface area contributed by atoms with Crippen LogP contribution in [0.2, 0.25) is 0 Å². The summed E-state index contributed by atoms with van der Waals surface area (Å²) in [6, 6.07) is 0. The largest absolute Gasteiger partial charge is 0.382 e. The highest BCUT2D eigenvalue weighted by molar-refractivity contribution is 5.36. The number of morpholine rings is 1. The van der Waals surface area contributed by atoms with Crippen molar-refractivity contribution in [2.24, 2.45) is 0 Å². The van der Waals surface area contributed by atoms with E-state index in [0.717, 1.165) is 18.9 Å². The highest BCUT2D eigenvalue weighted by Gasteiger charge is 2.33. The van der Waals surface area contributed by atoms with Crippen LogP contribution in [0.3, 0.4) is 0 Å². The smallest absolute Gasteiger partial charge is 0.147 e. The van der Waals surface area contributed by atoms with Gasteiger partial charge in [0.2, 0.25) is 0 Å². The topological polar surface area (TPSA) is 47.5 Å². The molecule has 1 aliphatic rings. The second kappa shape index (κ2) is 4.98. The average molecular weight is 237 g/mol. The summed E-state index contributed by atoms with van der Waals surface area (Å²) in [7, 11) is 1.69. The first-order chi connectivity index (χ1) is 8.11. The number of hydrogen-bond donors (Lipinski definition) is 0. The molecule has 1 aromatic rings. The zero-order chi connectivity index (χ0) is 12.3. The molecule has 2 rings (SSSR count). The Morgan fingerprint density at radius 2 is 2.35 bits per heavy atom. The zero-order valence-electron chi connectivity index (χ0n) is 10.6. The van der Waals surface area contributed by atoms with Crippen LogP contribution < -0.4 is 4.90 Å². The molecule has 5 nitrogen and oxygen atoms in total. The van der Waals surface area contributed by atoms with E-state index in [4.69, 9.17) is 9.47 Å². The average Bonchev–Trinajstić information content (AvgIpc) is 2.28. The molecule has 0 saturated carbocycles. The summed E-state index contributed by atoms with van der Waals surface area (Å²) in [5.41, 5.74) is -0.195. The summed E-state index contributed by atoms with van der Waals surface area (Å²) in [5, 5.41) is 0. The molecular formula is C12H19N3O2. The lowest BCUT2D eigenvalue weighted by Crippen LogP contribution is -2.54. The lowest BCUT2D eigenvalue weighted by atomic mass is 10.1. The molecule has 0 radical (unpaired) electrons. The first-order valence-corrected chi connectivity index (χ1v) is 5.78. The van der Waals surface area contributed by atoms with Gasteiger partial charge in [-0.1, -0.05) is 0 Å². The number of ether oxygens (including phenoxy) is 2. The van der Waals surface area contributed by atoms with E-state index in [1.165, 1.54) is 0 Å². The Morgan fingerprint density at radius 1 is 1.53 bits per heavy atom. The first-order valence-electron chi connectivity index (χ1n) is 5.78. The molecule has 0 aromatic carbocycles. The summed E-state index contributed by atoms with van der Waals surface area (Å²) in [5.74, 6) is 0.893. The minimum absolute atomic E-state index is 0.0748. The van der Waals surface area contributed by atoms with Crippen LogP contribution >= 0.6 is 0 Å². The minimum atomic E-state index is -0.195. The van der Waals surface area contributed by atoms with Crippen LogP contribution in [0.5, 0.6) is 0 Å². The first kappa shape index (κ1) is 12.3. The van der Waals surface area contributed by atoms with Crippen LogP contribution in [0.4, 0.5) is 5.82 Å². The predicted octanol–water partition coefficient (Wildman–Crippen LogP) is 1.11. The van der Waals surface area contributed by atoms with Crippen molar-refractivity contribution in [1.29, 1.82) is 0 Å². The number of aromatic nitrogens is 2. The van der Waals surface area contributed by atoms with Crippen molar-refractivity contribution in [3.8, 4) is 0 Å². The van der Waals surface area contributed by atoms with Crippen LogP contribution in [-0.4, -0.2) is 48.5 Å². The summed E-state index contributed by atoms with van der Waals surface area (Å²) in [4.78, 5) is 10.6. The second-order valence-corrected chi connectivity index (χ2v) is 4.90. The molecule has 0 spiro atoms. The molecular weight excluding hydrogens is 218 g/mol. The summed E-state index contributed by atoms with van der Waals surface area (Å²) >= 11 is 0. The van der Waals surface area contributed by atoms with E-state index >= 15 is 0 Å². The van der Waals surface area contributed by atoms with E-state index in [1.54, 1.807) is 25.7 Å². The van der Waals surface area contributed by atoms with Gasteiger partial charge in [0.1, 0.15) is 5.82 Å². The standard InChI is InChI=1S/C12H19N3O2/c1-12(2)9-15(7-10(17-12)8-16-3)11-6-13-4-5-14-11/h4-6,10H,7-9H2,1-3H3/t10-/m0/s1. The van der Waals surface area contributed by atoms with Crippen molar-refractivity contribution >= 4 is 5.82 Å².